The van der Waals surface area contributed by atoms with Crippen molar-refractivity contribution in [3.05, 3.63) is 182 Å². The quantitative estimate of drug-likeness (QED) is 0.0217. The Balaban J connectivity index is 0.000000243. The van der Waals surface area contributed by atoms with E-state index in [-0.39, 0.29) is 34.9 Å². The highest BCUT2D eigenvalue weighted by atomic mass is 35.5. The molecule has 105 heavy (non-hydrogen) atoms. The first-order chi connectivity index (χ1) is 50.2. The number of nitriles is 1. The zero-order chi connectivity index (χ0) is 76.0. The molecule has 566 valence electrons. The molecule has 4 aliphatic heterocycles. The third-order valence-corrected chi connectivity index (χ3v) is 25.9. The number of nitrogens with zero attached hydrogens (tertiary/aromatic N) is 3. The highest BCUT2D eigenvalue weighted by Crippen LogP contribution is 2.61. The predicted octanol–water partition coefficient (Wildman–Crippen LogP) is 21.8. The summed E-state index contributed by atoms with van der Waals surface area (Å²) in [7, 11) is -1.78. The number of hydrogen-bond donors (Lipinski definition) is 2. The summed E-state index contributed by atoms with van der Waals surface area (Å²) in [5.74, 6) is 1.63. The van der Waals surface area contributed by atoms with E-state index < -0.39 is 34.0 Å². The highest BCUT2D eigenvalue weighted by molar-refractivity contribution is 7.49. The fourth-order valence-electron chi connectivity index (χ4n) is 14.7. The molecule has 0 bridgehead atoms. The van der Waals surface area contributed by atoms with E-state index in [4.69, 9.17) is 84.2 Å². The van der Waals surface area contributed by atoms with Crippen LogP contribution in [0.4, 0.5) is 0 Å². The van der Waals surface area contributed by atoms with E-state index in [0.717, 1.165) is 139 Å². The molecule has 0 fully saturated rings. The van der Waals surface area contributed by atoms with Crippen molar-refractivity contribution < 1.29 is 51.7 Å². The molecule has 22 heteroatoms. The molecule has 0 aromatic heterocycles. The molecule has 4 aliphatic rings. The molecular formula is C83H105Cl4N5O11P2. The summed E-state index contributed by atoms with van der Waals surface area (Å²) < 4.78 is 48.7. The van der Waals surface area contributed by atoms with Crippen molar-refractivity contribution in [1.82, 2.24) is 20.0 Å². The van der Waals surface area contributed by atoms with Crippen molar-refractivity contribution in [2.45, 2.75) is 235 Å². The largest absolute Gasteiger partial charge is 0.456 e. The van der Waals surface area contributed by atoms with E-state index in [1.807, 2.05) is 76.2 Å². The maximum atomic E-state index is 13.5. The first-order valence-electron chi connectivity index (χ1n) is 37.3. The lowest BCUT2D eigenvalue weighted by Gasteiger charge is -2.38. The molecule has 10 rings (SSSR count). The number of aryl methyl sites for hydroxylation is 4. The number of hydrogen-bond acceptors (Lipinski definition) is 14. The van der Waals surface area contributed by atoms with Crippen molar-refractivity contribution in [3.63, 3.8) is 0 Å². The average molecular weight is 1550 g/mol. The minimum absolute atomic E-state index is 0.0594. The van der Waals surface area contributed by atoms with Gasteiger partial charge in [-0.1, -0.05) is 102 Å². The van der Waals surface area contributed by atoms with Crippen LogP contribution in [-0.2, 0) is 56.7 Å². The SMILES string of the molecule is Cc1c(Cl)cc2c(c1C)Oc1c(cc(CCCCC(=O)NCCCCCCOP(C)N(C(C)C)C(C)C)c(C)c1Cl)C21OC(=O)c2cc(Cl)c(Cl)cc21.Cc1ccc2c(c1)Oc1cc(C)c(CCCCC(=O)NCCCCCCOP(OCCC#N)N(C(C)C)C(C)C)cc1C21OC(=O)c2ccccc21. The number of unbranched alkanes of at least 4 members (excludes halogenated alkanes) is 8. The lowest BCUT2D eigenvalue weighted by atomic mass is 9.75. The molecule has 4 heterocycles. The van der Waals surface area contributed by atoms with Crippen LogP contribution in [0.5, 0.6) is 23.0 Å². The highest BCUT2D eigenvalue weighted by Gasteiger charge is 2.56. The van der Waals surface area contributed by atoms with Crippen LogP contribution < -0.4 is 20.1 Å². The standard InChI is InChI=1S/C42H54N3O6P.C41H51Cl4N2O5P/c1-29(2)45(30(3)4)52(49-25-15-22-43)48-24-14-8-7-13-23-44-40(46)19-12-9-16-33-28-37-39(27-32(33)6)50-38-26-31(5)20-21-36(38)42(37)35-18-11-10-17-34(35)41(47)51-42;1-23(2)47(24(3)4)53(8)50-18-14-10-9-13-17-46-36(48)16-12-11-15-28-19-31-39(37(45)27(28)7)51-38-26(6)25(5)33(42)22-32(38)41(31)30-21-35(44)34(43)20-29(30)40(49)52-41/h10-11,17-18,20-21,26-30H,7-9,12-16,19,23-25H2,1-6H3,(H,44,46);19-24H,9-18H2,1-8H3,(H,46,48). The van der Waals surface area contributed by atoms with Crippen LogP contribution in [0.25, 0.3) is 0 Å². The number of benzene rings is 6. The Morgan fingerprint density at radius 1 is 0.514 bits per heavy atom. The number of carbonyl (C=O) groups excluding carboxylic acids is 4. The summed E-state index contributed by atoms with van der Waals surface area (Å²) in [6, 6.07) is 28.5. The van der Waals surface area contributed by atoms with Crippen LogP contribution in [0.15, 0.2) is 78.9 Å². The third-order valence-electron chi connectivity index (χ3n) is 20.1. The minimum atomic E-state index is -1.41. The Kier molecular flexibility index (Phi) is 30.1. The number of amides is 2. The number of halogens is 4. The summed E-state index contributed by atoms with van der Waals surface area (Å²) in [4.78, 5) is 52.0. The van der Waals surface area contributed by atoms with Gasteiger partial charge in [-0.25, -0.2) is 14.3 Å². The lowest BCUT2D eigenvalue weighted by molar-refractivity contribution is -0.122. The van der Waals surface area contributed by atoms with E-state index in [9.17, 15) is 19.2 Å². The van der Waals surface area contributed by atoms with Gasteiger partial charge in [0.15, 0.2) is 17.0 Å². The first kappa shape index (κ1) is 83.2. The Morgan fingerprint density at radius 3 is 1.68 bits per heavy atom. The van der Waals surface area contributed by atoms with Crippen LogP contribution >= 0.6 is 63.2 Å². The maximum Gasteiger partial charge on any atom is 0.340 e. The summed E-state index contributed by atoms with van der Waals surface area (Å²) in [6.45, 7) is 32.6. The normalized spacial score (nSPS) is 16.4. The number of carbonyl (C=O) groups is 4. The van der Waals surface area contributed by atoms with Crippen LogP contribution in [0.3, 0.4) is 0 Å². The second kappa shape index (κ2) is 38.0. The molecule has 2 N–H and O–H groups in total. The van der Waals surface area contributed by atoms with E-state index in [1.165, 1.54) is 0 Å². The smallest absolute Gasteiger partial charge is 0.340 e. The summed E-state index contributed by atoms with van der Waals surface area (Å²) in [6.07, 6.45) is 13.9. The van der Waals surface area contributed by atoms with Crippen molar-refractivity contribution in [1.29, 1.82) is 5.26 Å². The molecule has 6 aromatic carbocycles. The summed E-state index contributed by atoms with van der Waals surface area (Å²) >= 11 is 26.8. The summed E-state index contributed by atoms with van der Waals surface area (Å²) in [5.41, 5.74) is 9.49. The van der Waals surface area contributed by atoms with E-state index in [0.29, 0.717) is 136 Å². The predicted molar refractivity (Wildman–Crippen MR) is 423 cm³/mol. The molecule has 4 unspecified atom stereocenters. The van der Waals surface area contributed by atoms with Gasteiger partial charge in [-0.2, -0.15) is 5.26 Å². The minimum Gasteiger partial charge on any atom is -0.456 e. The van der Waals surface area contributed by atoms with Crippen LogP contribution in [0.1, 0.15) is 245 Å². The molecule has 0 saturated carbocycles. The van der Waals surface area contributed by atoms with Crippen molar-refractivity contribution in [3.8, 4) is 29.1 Å². The second-order valence-corrected chi connectivity index (χ2v) is 33.7. The van der Waals surface area contributed by atoms with Gasteiger partial charge in [0.2, 0.25) is 11.8 Å². The van der Waals surface area contributed by atoms with E-state index in [1.54, 1.807) is 18.2 Å². The van der Waals surface area contributed by atoms with Crippen LogP contribution in [-0.4, -0.2) is 96.8 Å². The fraction of sp³-hybridized carbons (Fsp3) is 0.506. The van der Waals surface area contributed by atoms with Gasteiger partial charge in [-0.05, 0) is 248 Å². The number of ether oxygens (including phenoxy) is 4. The van der Waals surface area contributed by atoms with Gasteiger partial charge >= 0.3 is 11.9 Å². The molecule has 16 nitrogen and oxygen atoms in total. The first-order valence-corrected chi connectivity index (χ1v) is 41.6. The maximum absolute atomic E-state index is 13.5. The van der Waals surface area contributed by atoms with Gasteiger partial charge in [0.25, 0.3) is 8.53 Å². The zero-order valence-electron chi connectivity index (χ0n) is 63.6. The van der Waals surface area contributed by atoms with E-state index in [2.05, 4.69) is 107 Å². The number of esters is 2. The van der Waals surface area contributed by atoms with E-state index >= 15 is 0 Å². The van der Waals surface area contributed by atoms with Gasteiger partial charge in [0.1, 0.15) is 25.5 Å². The fourth-order valence-corrected chi connectivity index (χ4v) is 19.0. The lowest BCUT2D eigenvalue weighted by Crippen LogP contribution is -2.34. The Labute approximate surface area is 645 Å². The van der Waals surface area contributed by atoms with Gasteiger partial charge < -0.3 is 43.2 Å². The molecule has 0 aliphatic carbocycles. The number of nitrogens with one attached hydrogen (secondary N) is 2. The van der Waals surface area contributed by atoms with Gasteiger partial charge in [0.05, 0.1) is 58.5 Å². The van der Waals surface area contributed by atoms with Crippen molar-refractivity contribution in [2.24, 2.45) is 0 Å². The van der Waals surface area contributed by atoms with Gasteiger partial charge in [-0.3, -0.25) is 14.3 Å². The number of fused-ring (bicyclic) bond motifs is 12. The molecule has 6 aromatic rings. The van der Waals surface area contributed by atoms with Gasteiger partial charge in [-0.15, -0.1) is 0 Å². The topological polar surface area (TPSA) is 187 Å². The second-order valence-electron chi connectivity index (χ2n) is 29.0. The molecular weight excluding hydrogens is 1450 g/mol. The van der Waals surface area contributed by atoms with Gasteiger partial charge in [0, 0.05) is 88.5 Å². The van der Waals surface area contributed by atoms with Crippen LogP contribution in [0.2, 0.25) is 20.1 Å². The molecule has 4 atom stereocenters. The monoisotopic (exact) mass is 1550 g/mol. The third kappa shape index (κ3) is 19.2. The molecule has 2 spiro atoms. The zero-order valence-corrected chi connectivity index (χ0v) is 68.4. The Morgan fingerprint density at radius 2 is 1.05 bits per heavy atom. The Bertz CT molecular complexity index is 4130. The molecule has 0 saturated heterocycles. The average Bonchev–Trinajstić information content (AvgIpc) is 1.62. The molecule has 0 radical (unpaired) electrons. The molecule has 2 amide bonds. The summed E-state index contributed by atoms with van der Waals surface area (Å²) in [5, 5.41) is 16.6. The van der Waals surface area contributed by atoms with Crippen molar-refractivity contribution in [2.75, 3.05) is 39.6 Å². The van der Waals surface area contributed by atoms with Crippen molar-refractivity contribution >= 4 is 87.0 Å². The number of rotatable bonds is 35. The Hall–Kier alpha value is -5.89. The van der Waals surface area contributed by atoms with Crippen LogP contribution in [0, 0.1) is 45.9 Å².